The van der Waals surface area contributed by atoms with Gasteiger partial charge in [0.1, 0.15) is 4.34 Å². The number of hydrogen-bond acceptors (Lipinski definition) is 4. The molecular weight excluding hydrogens is 248 g/mol. The lowest BCUT2D eigenvalue weighted by Crippen LogP contribution is -1.87. The fourth-order valence-electron chi connectivity index (χ4n) is 1.47. The fraction of sp³-hybridized carbons (Fsp3) is 0.231. The molecule has 0 aliphatic heterocycles. The summed E-state index contributed by atoms with van der Waals surface area (Å²) in [5.74, 6) is 0.907. The van der Waals surface area contributed by atoms with Crippen molar-refractivity contribution >= 4 is 23.1 Å². The van der Waals surface area contributed by atoms with Crippen molar-refractivity contribution in [2.24, 2.45) is 0 Å². The van der Waals surface area contributed by atoms with Crippen LogP contribution >= 0.6 is 23.1 Å². The summed E-state index contributed by atoms with van der Waals surface area (Å²) in [7, 11) is 0. The molecule has 0 unspecified atom stereocenters. The summed E-state index contributed by atoms with van der Waals surface area (Å²) in [5, 5.41) is 10.9. The van der Waals surface area contributed by atoms with E-state index in [1.165, 1.54) is 11.1 Å². The first-order valence-electron chi connectivity index (χ1n) is 5.23. The lowest BCUT2D eigenvalue weighted by Gasteiger charge is -2.04. The SMILES string of the molecule is Cc1csc(SCc2ccc(C#N)cc2C)n1. The number of hydrogen-bond donors (Lipinski definition) is 0. The molecule has 0 bridgehead atoms. The number of aromatic nitrogens is 1. The molecule has 1 heterocycles. The summed E-state index contributed by atoms with van der Waals surface area (Å²) in [5.41, 5.74) is 4.24. The molecule has 4 heteroatoms. The molecule has 0 spiro atoms. The number of nitrogens with zero attached hydrogens (tertiary/aromatic N) is 2. The molecule has 0 fully saturated rings. The summed E-state index contributed by atoms with van der Waals surface area (Å²) in [6.07, 6.45) is 0. The van der Waals surface area contributed by atoms with Gasteiger partial charge < -0.3 is 0 Å². The van der Waals surface area contributed by atoms with Crippen LogP contribution in [0.25, 0.3) is 0 Å². The van der Waals surface area contributed by atoms with Crippen molar-refractivity contribution in [2.45, 2.75) is 23.9 Å². The van der Waals surface area contributed by atoms with Crippen LogP contribution in [0.3, 0.4) is 0 Å². The normalized spacial score (nSPS) is 10.2. The topological polar surface area (TPSA) is 36.7 Å². The monoisotopic (exact) mass is 260 g/mol. The van der Waals surface area contributed by atoms with Crippen LogP contribution in [0.2, 0.25) is 0 Å². The van der Waals surface area contributed by atoms with Crippen molar-refractivity contribution in [1.82, 2.24) is 4.98 Å². The zero-order valence-electron chi connectivity index (χ0n) is 9.73. The maximum Gasteiger partial charge on any atom is 0.150 e. The van der Waals surface area contributed by atoms with Gasteiger partial charge in [0.05, 0.1) is 11.6 Å². The number of benzene rings is 1. The summed E-state index contributed by atoms with van der Waals surface area (Å²) >= 11 is 3.43. The number of thiazole rings is 1. The Bertz CT molecular complexity index is 567. The summed E-state index contributed by atoms with van der Waals surface area (Å²) in [4.78, 5) is 4.42. The molecule has 0 atom stereocenters. The van der Waals surface area contributed by atoms with Crippen LogP contribution in [0, 0.1) is 25.2 Å². The first-order chi connectivity index (χ1) is 8.19. The Balaban J connectivity index is 2.07. The van der Waals surface area contributed by atoms with E-state index in [0.717, 1.165) is 21.3 Å². The maximum atomic E-state index is 8.80. The number of aryl methyl sites for hydroxylation is 2. The van der Waals surface area contributed by atoms with E-state index in [-0.39, 0.29) is 0 Å². The van der Waals surface area contributed by atoms with E-state index in [1.807, 2.05) is 32.0 Å². The van der Waals surface area contributed by atoms with Crippen LogP contribution in [0.4, 0.5) is 0 Å². The molecule has 0 amide bonds. The van der Waals surface area contributed by atoms with Gasteiger partial charge in [-0.2, -0.15) is 5.26 Å². The summed E-state index contributed by atoms with van der Waals surface area (Å²) < 4.78 is 1.10. The molecule has 1 aromatic carbocycles. The van der Waals surface area contributed by atoms with Gasteiger partial charge in [-0.1, -0.05) is 17.8 Å². The van der Waals surface area contributed by atoms with E-state index in [1.54, 1.807) is 23.1 Å². The third-order valence-corrected chi connectivity index (χ3v) is 4.61. The van der Waals surface area contributed by atoms with Crippen molar-refractivity contribution in [3.63, 3.8) is 0 Å². The molecule has 0 saturated heterocycles. The zero-order chi connectivity index (χ0) is 12.3. The Morgan fingerprint density at radius 1 is 1.41 bits per heavy atom. The molecule has 2 aromatic rings. The van der Waals surface area contributed by atoms with Crippen LogP contribution in [0.5, 0.6) is 0 Å². The van der Waals surface area contributed by atoms with E-state index >= 15 is 0 Å². The molecule has 0 radical (unpaired) electrons. The molecule has 17 heavy (non-hydrogen) atoms. The molecule has 2 nitrogen and oxygen atoms in total. The molecular formula is C13H12N2S2. The largest absolute Gasteiger partial charge is 0.235 e. The molecule has 0 aliphatic carbocycles. The highest BCUT2D eigenvalue weighted by atomic mass is 32.2. The second-order valence-corrected chi connectivity index (χ2v) is 5.88. The first-order valence-corrected chi connectivity index (χ1v) is 7.10. The zero-order valence-corrected chi connectivity index (χ0v) is 11.4. The highest BCUT2D eigenvalue weighted by Crippen LogP contribution is 2.27. The predicted octanol–water partition coefficient (Wildman–Crippen LogP) is 3.92. The minimum Gasteiger partial charge on any atom is -0.235 e. The van der Waals surface area contributed by atoms with Crippen LogP contribution in [-0.4, -0.2) is 4.98 Å². The van der Waals surface area contributed by atoms with E-state index in [4.69, 9.17) is 5.26 Å². The average Bonchev–Trinajstić information content (AvgIpc) is 2.73. The summed E-state index contributed by atoms with van der Waals surface area (Å²) in [6.45, 7) is 4.05. The third kappa shape index (κ3) is 3.09. The van der Waals surface area contributed by atoms with Crippen molar-refractivity contribution in [1.29, 1.82) is 5.26 Å². The maximum absolute atomic E-state index is 8.80. The highest BCUT2D eigenvalue weighted by Gasteiger charge is 2.03. The number of nitriles is 1. The number of thioether (sulfide) groups is 1. The molecule has 2 rings (SSSR count). The first kappa shape index (κ1) is 12.2. The minimum absolute atomic E-state index is 0.723. The molecule has 0 N–H and O–H groups in total. The summed E-state index contributed by atoms with van der Waals surface area (Å²) in [6, 6.07) is 7.99. The standard InChI is InChI=1S/C13H12N2S2/c1-9-5-11(6-14)3-4-12(9)8-17-13-15-10(2)7-16-13/h3-5,7H,8H2,1-2H3. The molecule has 0 saturated carbocycles. The Morgan fingerprint density at radius 2 is 2.24 bits per heavy atom. The van der Waals surface area contributed by atoms with E-state index in [2.05, 4.69) is 16.4 Å². The van der Waals surface area contributed by atoms with Crippen molar-refractivity contribution in [3.8, 4) is 6.07 Å². The second-order valence-electron chi connectivity index (χ2n) is 3.80. The fourth-order valence-corrected chi connectivity index (χ4v) is 3.39. The third-order valence-electron chi connectivity index (χ3n) is 2.42. The number of rotatable bonds is 3. The smallest absolute Gasteiger partial charge is 0.150 e. The van der Waals surface area contributed by atoms with Gasteiger partial charge in [-0.25, -0.2) is 4.98 Å². The molecule has 1 aromatic heterocycles. The Kier molecular flexibility index (Phi) is 3.82. The highest BCUT2D eigenvalue weighted by molar-refractivity contribution is 8.00. The van der Waals surface area contributed by atoms with Gasteiger partial charge in [0.15, 0.2) is 0 Å². The van der Waals surface area contributed by atoms with Gasteiger partial charge >= 0.3 is 0 Å². The van der Waals surface area contributed by atoms with Crippen molar-refractivity contribution < 1.29 is 0 Å². The Labute approximate surface area is 109 Å². The van der Waals surface area contributed by atoms with Crippen molar-refractivity contribution in [2.75, 3.05) is 0 Å². The van der Waals surface area contributed by atoms with E-state index in [9.17, 15) is 0 Å². The lowest BCUT2D eigenvalue weighted by molar-refractivity contribution is 1.16. The van der Waals surface area contributed by atoms with E-state index in [0.29, 0.717) is 0 Å². The van der Waals surface area contributed by atoms with E-state index < -0.39 is 0 Å². The molecule has 0 aliphatic rings. The van der Waals surface area contributed by atoms with Gasteiger partial charge in [-0.15, -0.1) is 11.3 Å². The van der Waals surface area contributed by atoms with Crippen LogP contribution < -0.4 is 0 Å². The predicted molar refractivity (Wildman–Crippen MR) is 72.3 cm³/mol. The minimum atomic E-state index is 0.723. The van der Waals surface area contributed by atoms with Crippen LogP contribution in [0.15, 0.2) is 27.9 Å². The van der Waals surface area contributed by atoms with Crippen molar-refractivity contribution in [3.05, 3.63) is 46.0 Å². The Hall–Kier alpha value is -1.31. The van der Waals surface area contributed by atoms with Gasteiger partial charge in [0, 0.05) is 16.8 Å². The van der Waals surface area contributed by atoms with Crippen LogP contribution in [0.1, 0.15) is 22.4 Å². The molecule has 86 valence electrons. The van der Waals surface area contributed by atoms with Gasteiger partial charge in [-0.3, -0.25) is 0 Å². The average molecular weight is 260 g/mol. The lowest BCUT2D eigenvalue weighted by atomic mass is 10.1. The Morgan fingerprint density at radius 3 is 2.82 bits per heavy atom. The second kappa shape index (κ2) is 5.35. The van der Waals surface area contributed by atoms with Gasteiger partial charge in [0.25, 0.3) is 0 Å². The quantitative estimate of drug-likeness (QED) is 0.785. The van der Waals surface area contributed by atoms with Crippen LogP contribution in [-0.2, 0) is 5.75 Å². The van der Waals surface area contributed by atoms with Gasteiger partial charge in [-0.05, 0) is 37.1 Å². The van der Waals surface area contributed by atoms with Gasteiger partial charge in [0.2, 0.25) is 0 Å².